The van der Waals surface area contributed by atoms with Gasteiger partial charge in [-0.1, -0.05) is 32.1 Å². The summed E-state index contributed by atoms with van der Waals surface area (Å²) in [7, 11) is 1.85. The predicted octanol–water partition coefficient (Wildman–Crippen LogP) is 3.72. The van der Waals surface area contributed by atoms with Crippen LogP contribution < -0.4 is 10.6 Å². The standard InChI is InChI=1S/C18H37N3O/c1-4-22-15-9-8-14-20-18(19-3)21-16(2)12-13-17-10-6-5-7-11-17/h16-17H,4-15H2,1-3H3,(H2,19,20,21). The number of unbranched alkanes of at least 4 members (excludes halogenated alkanes) is 1. The quantitative estimate of drug-likeness (QED) is 0.367. The van der Waals surface area contributed by atoms with Crippen molar-refractivity contribution in [2.45, 2.75) is 77.7 Å². The van der Waals surface area contributed by atoms with Gasteiger partial charge in [0.15, 0.2) is 5.96 Å². The van der Waals surface area contributed by atoms with E-state index in [1.54, 1.807) is 0 Å². The van der Waals surface area contributed by atoms with Crippen LogP contribution in [0.3, 0.4) is 0 Å². The maximum Gasteiger partial charge on any atom is 0.191 e. The van der Waals surface area contributed by atoms with Crippen molar-refractivity contribution < 1.29 is 4.74 Å². The van der Waals surface area contributed by atoms with Gasteiger partial charge in [-0.25, -0.2) is 0 Å². The van der Waals surface area contributed by atoms with Crippen molar-refractivity contribution in [1.82, 2.24) is 10.6 Å². The molecule has 0 aromatic heterocycles. The minimum absolute atomic E-state index is 0.497. The van der Waals surface area contributed by atoms with Gasteiger partial charge >= 0.3 is 0 Å². The van der Waals surface area contributed by atoms with Gasteiger partial charge in [-0.15, -0.1) is 0 Å². The first-order valence-corrected chi connectivity index (χ1v) is 9.31. The lowest BCUT2D eigenvalue weighted by atomic mass is 9.85. The van der Waals surface area contributed by atoms with Crippen LogP contribution in [0.25, 0.3) is 0 Å². The highest BCUT2D eigenvalue weighted by molar-refractivity contribution is 5.79. The average Bonchev–Trinajstić information content (AvgIpc) is 2.56. The zero-order chi connectivity index (χ0) is 16.0. The highest BCUT2D eigenvalue weighted by atomic mass is 16.5. The summed E-state index contributed by atoms with van der Waals surface area (Å²) in [6.07, 6.45) is 12.1. The van der Waals surface area contributed by atoms with Crippen LogP contribution in [0.15, 0.2) is 4.99 Å². The summed E-state index contributed by atoms with van der Waals surface area (Å²) >= 11 is 0. The van der Waals surface area contributed by atoms with Gasteiger partial charge in [-0.2, -0.15) is 0 Å². The van der Waals surface area contributed by atoms with Crippen LogP contribution in [0, 0.1) is 5.92 Å². The lowest BCUT2D eigenvalue weighted by Gasteiger charge is -2.24. The van der Waals surface area contributed by atoms with E-state index in [4.69, 9.17) is 4.74 Å². The van der Waals surface area contributed by atoms with E-state index in [0.29, 0.717) is 6.04 Å². The average molecular weight is 312 g/mol. The smallest absolute Gasteiger partial charge is 0.191 e. The third-order valence-electron chi connectivity index (χ3n) is 4.55. The minimum Gasteiger partial charge on any atom is -0.382 e. The van der Waals surface area contributed by atoms with Gasteiger partial charge in [-0.05, 0) is 45.4 Å². The van der Waals surface area contributed by atoms with Crippen LogP contribution in [0.1, 0.15) is 71.6 Å². The largest absolute Gasteiger partial charge is 0.382 e. The fourth-order valence-corrected chi connectivity index (χ4v) is 3.14. The zero-order valence-electron chi connectivity index (χ0n) is 15.0. The number of nitrogens with zero attached hydrogens (tertiary/aromatic N) is 1. The van der Waals surface area contributed by atoms with E-state index in [0.717, 1.165) is 44.5 Å². The van der Waals surface area contributed by atoms with E-state index in [9.17, 15) is 0 Å². The maximum atomic E-state index is 5.35. The van der Waals surface area contributed by atoms with Crippen LogP contribution in [-0.2, 0) is 4.74 Å². The molecule has 130 valence electrons. The van der Waals surface area contributed by atoms with Crippen molar-refractivity contribution in [2.24, 2.45) is 10.9 Å². The van der Waals surface area contributed by atoms with Gasteiger partial charge in [0.1, 0.15) is 0 Å². The molecule has 1 unspecified atom stereocenters. The molecule has 1 atom stereocenters. The summed E-state index contributed by atoms with van der Waals surface area (Å²) in [5.74, 6) is 1.90. The fourth-order valence-electron chi connectivity index (χ4n) is 3.14. The molecule has 0 heterocycles. The van der Waals surface area contributed by atoms with Gasteiger partial charge < -0.3 is 15.4 Å². The van der Waals surface area contributed by atoms with Crippen LogP contribution in [0.2, 0.25) is 0 Å². The van der Waals surface area contributed by atoms with E-state index in [2.05, 4.69) is 22.5 Å². The van der Waals surface area contributed by atoms with Crippen molar-refractivity contribution in [3.8, 4) is 0 Å². The molecular weight excluding hydrogens is 274 g/mol. The van der Waals surface area contributed by atoms with E-state index >= 15 is 0 Å². The molecule has 4 heteroatoms. The molecule has 1 saturated carbocycles. The summed E-state index contributed by atoms with van der Waals surface area (Å²) in [5.41, 5.74) is 0. The number of guanidine groups is 1. The summed E-state index contributed by atoms with van der Waals surface area (Å²) in [6, 6.07) is 0.497. The van der Waals surface area contributed by atoms with Crippen LogP contribution in [-0.4, -0.2) is 38.8 Å². The lowest BCUT2D eigenvalue weighted by molar-refractivity contribution is 0.143. The number of ether oxygens (including phenoxy) is 1. The monoisotopic (exact) mass is 311 g/mol. The Morgan fingerprint density at radius 3 is 2.68 bits per heavy atom. The molecule has 1 aliphatic rings. The zero-order valence-corrected chi connectivity index (χ0v) is 15.0. The topological polar surface area (TPSA) is 45.6 Å². The molecule has 0 aromatic carbocycles. The van der Waals surface area contributed by atoms with Gasteiger partial charge in [0.2, 0.25) is 0 Å². The number of hydrogen-bond acceptors (Lipinski definition) is 2. The lowest BCUT2D eigenvalue weighted by Crippen LogP contribution is -2.42. The molecule has 2 N–H and O–H groups in total. The Morgan fingerprint density at radius 2 is 2.00 bits per heavy atom. The normalized spacial score (nSPS) is 18.2. The Labute approximate surface area is 137 Å². The molecular formula is C18H37N3O. The van der Waals surface area contributed by atoms with Gasteiger partial charge in [-0.3, -0.25) is 4.99 Å². The SMILES string of the molecule is CCOCCCCNC(=NC)NC(C)CCC1CCCCC1. The van der Waals surface area contributed by atoms with Crippen molar-refractivity contribution in [3.63, 3.8) is 0 Å². The van der Waals surface area contributed by atoms with Crippen molar-refractivity contribution in [3.05, 3.63) is 0 Å². The van der Waals surface area contributed by atoms with E-state index < -0.39 is 0 Å². The first-order valence-electron chi connectivity index (χ1n) is 9.31. The van der Waals surface area contributed by atoms with E-state index in [1.807, 2.05) is 14.0 Å². The molecule has 0 bridgehead atoms. The molecule has 1 aliphatic carbocycles. The molecule has 0 radical (unpaired) electrons. The van der Waals surface area contributed by atoms with E-state index in [1.165, 1.54) is 44.9 Å². The number of rotatable bonds is 10. The van der Waals surface area contributed by atoms with Gasteiger partial charge in [0.25, 0.3) is 0 Å². The van der Waals surface area contributed by atoms with Gasteiger partial charge in [0, 0.05) is 32.8 Å². The number of nitrogens with one attached hydrogen (secondary N) is 2. The second kappa shape index (κ2) is 12.7. The fraction of sp³-hybridized carbons (Fsp3) is 0.944. The molecule has 22 heavy (non-hydrogen) atoms. The molecule has 0 amide bonds. The first-order chi connectivity index (χ1) is 10.8. The highest BCUT2D eigenvalue weighted by Crippen LogP contribution is 2.27. The third kappa shape index (κ3) is 9.29. The minimum atomic E-state index is 0.497. The Morgan fingerprint density at radius 1 is 1.23 bits per heavy atom. The van der Waals surface area contributed by atoms with Crippen LogP contribution in [0.4, 0.5) is 0 Å². The van der Waals surface area contributed by atoms with Crippen LogP contribution in [0.5, 0.6) is 0 Å². The second-order valence-corrected chi connectivity index (χ2v) is 6.53. The highest BCUT2D eigenvalue weighted by Gasteiger charge is 2.14. The summed E-state index contributed by atoms with van der Waals surface area (Å²) < 4.78 is 5.35. The Kier molecular flexibility index (Phi) is 11.2. The second-order valence-electron chi connectivity index (χ2n) is 6.53. The molecule has 0 spiro atoms. The Hall–Kier alpha value is -0.770. The predicted molar refractivity (Wildman–Crippen MR) is 95.5 cm³/mol. The van der Waals surface area contributed by atoms with Crippen molar-refractivity contribution >= 4 is 5.96 Å². The van der Waals surface area contributed by atoms with Crippen molar-refractivity contribution in [2.75, 3.05) is 26.8 Å². The Bertz CT molecular complexity index is 288. The summed E-state index contributed by atoms with van der Waals surface area (Å²) in [6.45, 7) is 6.95. The first kappa shape index (κ1) is 19.3. The molecule has 1 rings (SSSR count). The van der Waals surface area contributed by atoms with Crippen molar-refractivity contribution in [1.29, 1.82) is 0 Å². The van der Waals surface area contributed by atoms with Gasteiger partial charge in [0.05, 0.1) is 0 Å². The van der Waals surface area contributed by atoms with E-state index in [-0.39, 0.29) is 0 Å². The third-order valence-corrected chi connectivity index (χ3v) is 4.55. The number of aliphatic imine (C=N–C) groups is 1. The molecule has 0 aromatic rings. The molecule has 0 saturated heterocycles. The molecule has 0 aliphatic heterocycles. The molecule has 4 nitrogen and oxygen atoms in total. The maximum absolute atomic E-state index is 5.35. The Balaban J connectivity index is 2.07. The summed E-state index contributed by atoms with van der Waals surface area (Å²) in [5, 5.41) is 6.91. The van der Waals surface area contributed by atoms with Crippen LogP contribution >= 0.6 is 0 Å². The summed E-state index contributed by atoms with van der Waals surface area (Å²) in [4.78, 5) is 4.32. The molecule has 1 fully saturated rings. The number of hydrogen-bond donors (Lipinski definition) is 2.